The third kappa shape index (κ3) is 2.27. The number of fused-ring (bicyclic) bond motifs is 3. The van der Waals surface area contributed by atoms with Gasteiger partial charge in [-0.05, 0) is 31.0 Å². The van der Waals surface area contributed by atoms with E-state index in [-0.39, 0.29) is 5.56 Å². The Labute approximate surface area is 131 Å². The Kier molecular flexibility index (Phi) is 3.11. The average Bonchev–Trinajstić information content (AvgIpc) is 3.02. The highest BCUT2D eigenvalue weighted by atomic mass is 16.5. The summed E-state index contributed by atoms with van der Waals surface area (Å²) in [7, 11) is 0. The number of hydrogen-bond acceptors (Lipinski definition) is 5. The highest BCUT2D eigenvalue weighted by molar-refractivity contribution is 5.87. The molecule has 6 heteroatoms. The standard InChI is InChI=1S/C17H15NO5/c19-14-7-15(23-9-12(14)17(20)21)10-3-4-13-16(6-10)22-8-11-2-1-5-18(11)13/h3-4,6-7,9,11H,1-2,5,8H2,(H,20,21)/t11-/m0/s1. The molecule has 23 heavy (non-hydrogen) atoms. The Balaban J connectivity index is 1.72. The van der Waals surface area contributed by atoms with Gasteiger partial charge in [0.1, 0.15) is 29.9 Å². The van der Waals surface area contributed by atoms with Crippen molar-refractivity contribution in [1.82, 2.24) is 0 Å². The predicted molar refractivity (Wildman–Crippen MR) is 83.2 cm³/mol. The van der Waals surface area contributed by atoms with Gasteiger partial charge in [0.15, 0.2) is 5.43 Å². The van der Waals surface area contributed by atoms with E-state index in [1.165, 1.54) is 12.5 Å². The van der Waals surface area contributed by atoms with Gasteiger partial charge in [0.2, 0.25) is 0 Å². The summed E-state index contributed by atoms with van der Waals surface area (Å²) in [6, 6.07) is 7.31. The molecule has 1 N–H and O–H groups in total. The second kappa shape index (κ2) is 5.15. The summed E-state index contributed by atoms with van der Waals surface area (Å²) in [4.78, 5) is 25.0. The van der Waals surface area contributed by atoms with Crippen LogP contribution >= 0.6 is 0 Å². The van der Waals surface area contributed by atoms with Crippen LogP contribution in [0.1, 0.15) is 23.2 Å². The lowest BCUT2D eigenvalue weighted by atomic mass is 10.1. The van der Waals surface area contributed by atoms with Gasteiger partial charge >= 0.3 is 5.97 Å². The number of carbonyl (C=O) groups is 1. The van der Waals surface area contributed by atoms with Gasteiger partial charge in [0, 0.05) is 18.2 Å². The predicted octanol–water partition coefficient (Wildman–Crippen LogP) is 2.37. The van der Waals surface area contributed by atoms with Crippen LogP contribution in [-0.4, -0.2) is 30.3 Å². The lowest BCUT2D eigenvalue weighted by Crippen LogP contribution is -2.37. The van der Waals surface area contributed by atoms with Crippen LogP contribution in [0.4, 0.5) is 5.69 Å². The topological polar surface area (TPSA) is 80.0 Å². The van der Waals surface area contributed by atoms with Crippen LogP contribution in [0.25, 0.3) is 11.3 Å². The second-order valence-electron chi connectivity index (χ2n) is 5.81. The maximum atomic E-state index is 11.8. The van der Waals surface area contributed by atoms with Gasteiger partial charge in [-0.25, -0.2) is 4.79 Å². The normalized spacial score (nSPS) is 19.0. The Morgan fingerprint density at radius 3 is 2.96 bits per heavy atom. The molecule has 0 amide bonds. The fourth-order valence-electron chi connectivity index (χ4n) is 3.25. The molecule has 1 atom stereocenters. The van der Waals surface area contributed by atoms with Crippen molar-refractivity contribution < 1.29 is 19.1 Å². The van der Waals surface area contributed by atoms with Crippen molar-refractivity contribution in [2.24, 2.45) is 0 Å². The summed E-state index contributed by atoms with van der Waals surface area (Å²) >= 11 is 0. The maximum absolute atomic E-state index is 11.8. The summed E-state index contributed by atoms with van der Waals surface area (Å²) in [5.41, 5.74) is 0.808. The highest BCUT2D eigenvalue weighted by Gasteiger charge is 2.31. The van der Waals surface area contributed by atoms with Crippen LogP contribution in [0.5, 0.6) is 5.75 Å². The van der Waals surface area contributed by atoms with E-state index in [1.54, 1.807) is 0 Å². The zero-order valence-electron chi connectivity index (χ0n) is 12.3. The van der Waals surface area contributed by atoms with Crippen molar-refractivity contribution in [1.29, 1.82) is 0 Å². The summed E-state index contributed by atoms with van der Waals surface area (Å²) in [6.07, 6.45) is 3.30. The van der Waals surface area contributed by atoms with Crippen molar-refractivity contribution >= 4 is 11.7 Å². The first-order chi connectivity index (χ1) is 11.1. The lowest BCUT2D eigenvalue weighted by molar-refractivity contribution is 0.0693. The van der Waals surface area contributed by atoms with Gasteiger partial charge in [-0.3, -0.25) is 4.79 Å². The first-order valence-corrected chi connectivity index (χ1v) is 7.53. The smallest absolute Gasteiger partial charge is 0.342 e. The molecule has 0 spiro atoms. The van der Waals surface area contributed by atoms with Crippen LogP contribution in [-0.2, 0) is 0 Å². The minimum Gasteiger partial charge on any atom is -0.489 e. The molecule has 0 aliphatic carbocycles. The van der Waals surface area contributed by atoms with Crippen molar-refractivity contribution in [3.05, 3.63) is 46.3 Å². The number of carboxylic acids is 1. The van der Waals surface area contributed by atoms with E-state index in [0.29, 0.717) is 24.0 Å². The summed E-state index contributed by atoms with van der Waals surface area (Å²) in [5, 5.41) is 8.89. The second-order valence-corrected chi connectivity index (χ2v) is 5.81. The molecule has 0 radical (unpaired) electrons. The van der Waals surface area contributed by atoms with Crippen LogP contribution in [0.15, 0.2) is 39.7 Å². The van der Waals surface area contributed by atoms with E-state index in [2.05, 4.69) is 4.90 Å². The van der Waals surface area contributed by atoms with E-state index >= 15 is 0 Å². The number of ether oxygens (including phenoxy) is 1. The molecule has 1 aromatic heterocycles. The van der Waals surface area contributed by atoms with E-state index in [9.17, 15) is 9.59 Å². The van der Waals surface area contributed by atoms with Crippen molar-refractivity contribution in [2.45, 2.75) is 18.9 Å². The molecule has 6 nitrogen and oxygen atoms in total. The molecule has 4 rings (SSSR count). The minimum absolute atomic E-state index is 0.329. The first kappa shape index (κ1) is 13.9. The zero-order chi connectivity index (χ0) is 16.0. The van der Waals surface area contributed by atoms with E-state index in [4.69, 9.17) is 14.3 Å². The molecular formula is C17H15NO5. The Bertz CT molecular complexity index is 841. The lowest BCUT2D eigenvalue weighted by Gasteiger charge is -2.33. The third-order valence-corrected chi connectivity index (χ3v) is 4.42. The fraction of sp³-hybridized carbons (Fsp3) is 0.294. The van der Waals surface area contributed by atoms with Crippen molar-refractivity contribution in [3.63, 3.8) is 0 Å². The van der Waals surface area contributed by atoms with Crippen LogP contribution in [0.2, 0.25) is 0 Å². The average molecular weight is 313 g/mol. The van der Waals surface area contributed by atoms with Crippen LogP contribution < -0.4 is 15.1 Å². The largest absolute Gasteiger partial charge is 0.489 e. The van der Waals surface area contributed by atoms with Gasteiger partial charge in [-0.1, -0.05) is 0 Å². The Hall–Kier alpha value is -2.76. The molecule has 0 saturated carbocycles. The molecule has 2 aliphatic heterocycles. The third-order valence-electron chi connectivity index (χ3n) is 4.42. The van der Waals surface area contributed by atoms with Crippen molar-refractivity contribution in [2.75, 3.05) is 18.1 Å². The summed E-state index contributed by atoms with van der Waals surface area (Å²) in [6.45, 7) is 1.70. The van der Waals surface area contributed by atoms with Gasteiger partial charge in [-0.15, -0.1) is 0 Å². The van der Waals surface area contributed by atoms with Crippen LogP contribution in [0.3, 0.4) is 0 Å². The molecule has 3 heterocycles. The first-order valence-electron chi connectivity index (χ1n) is 7.53. The quantitative estimate of drug-likeness (QED) is 0.917. The van der Waals surface area contributed by atoms with Gasteiger partial charge in [0.25, 0.3) is 0 Å². The van der Waals surface area contributed by atoms with E-state index in [1.807, 2.05) is 18.2 Å². The molecule has 1 fully saturated rings. The summed E-state index contributed by atoms with van der Waals surface area (Å²) in [5.74, 6) is -0.195. The molecular weight excluding hydrogens is 298 g/mol. The monoisotopic (exact) mass is 313 g/mol. The SMILES string of the molecule is O=C(O)c1coc(-c2ccc3c(c2)OC[C@@H]2CCCN32)cc1=O. The maximum Gasteiger partial charge on any atom is 0.342 e. The molecule has 0 unspecified atom stereocenters. The number of anilines is 1. The number of nitrogens with zero attached hydrogens (tertiary/aromatic N) is 1. The number of hydrogen-bond donors (Lipinski definition) is 1. The molecule has 2 aromatic rings. The Morgan fingerprint density at radius 2 is 2.17 bits per heavy atom. The highest BCUT2D eigenvalue weighted by Crippen LogP contribution is 2.40. The fourth-order valence-corrected chi connectivity index (χ4v) is 3.25. The van der Waals surface area contributed by atoms with Crippen LogP contribution in [0, 0.1) is 0 Å². The van der Waals surface area contributed by atoms with E-state index < -0.39 is 11.4 Å². The molecule has 2 aliphatic rings. The molecule has 1 aromatic carbocycles. The Morgan fingerprint density at radius 1 is 1.30 bits per heavy atom. The van der Waals surface area contributed by atoms with Gasteiger partial charge in [-0.2, -0.15) is 0 Å². The summed E-state index contributed by atoms with van der Waals surface area (Å²) < 4.78 is 11.2. The molecule has 118 valence electrons. The van der Waals surface area contributed by atoms with Crippen molar-refractivity contribution in [3.8, 4) is 17.1 Å². The number of aromatic carboxylic acids is 1. The van der Waals surface area contributed by atoms with E-state index in [0.717, 1.165) is 30.7 Å². The molecule has 1 saturated heterocycles. The van der Waals surface area contributed by atoms with Gasteiger partial charge < -0.3 is 19.2 Å². The van der Waals surface area contributed by atoms with Gasteiger partial charge in [0.05, 0.1) is 11.7 Å². The number of benzene rings is 1. The minimum atomic E-state index is -1.29. The zero-order valence-corrected chi connectivity index (χ0v) is 12.3. The number of rotatable bonds is 2. The molecule has 0 bridgehead atoms. The number of carboxylic acid groups (broad SMARTS) is 1.